The van der Waals surface area contributed by atoms with Crippen molar-refractivity contribution in [3.63, 3.8) is 0 Å². The van der Waals surface area contributed by atoms with Crippen LogP contribution < -0.4 is 5.32 Å². The largest absolute Gasteiger partial charge is 0.450 e. The van der Waals surface area contributed by atoms with Crippen LogP contribution in [-0.4, -0.2) is 43.9 Å². The van der Waals surface area contributed by atoms with Crippen LogP contribution in [0.2, 0.25) is 0 Å². The van der Waals surface area contributed by atoms with Crippen LogP contribution in [0.25, 0.3) is 11.4 Å². The lowest BCUT2D eigenvalue weighted by molar-refractivity contribution is 0.0640. The van der Waals surface area contributed by atoms with E-state index in [1.165, 1.54) is 0 Å². The van der Waals surface area contributed by atoms with E-state index in [2.05, 4.69) is 22.3 Å². The van der Waals surface area contributed by atoms with Gasteiger partial charge in [-0.3, -0.25) is 5.32 Å². The highest BCUT2D eigenvalue weighted by Gasteiger charge is 2.22. The molecule has 0 aliphatic carbocycles. The molecule has 1 aliphatic heterocycles. The monoisotopic (exact) mass is 352 g/mol. The number of carbonyl (C=O) groups excluding carboxylic acids is 1. The number of carbonyl (C=O) groups is 1. The van der Waals surface area contributed by atoms with Crippen LogP contribution >= 0.6 is 0 Å². The van der Waals surface area contributed by atoms with Gasteiger partial charge in [0.25, 0.3) is 0 Å². The second-order valence-corrected chi connectivity index (χ2v) is 5.90. The van der Waals surface area contributed by atoms with Crippen molar-refractivity contribution >= 4 is 17.5 Å². The van der Waals surface area contributed by atoms with Gasteiger partial charge in [0, 0.05) is 18.7 Å². The van der Waals surface area contributed by atoms with Gasteiger partial charge in [-0.1, -0.05) is 60.7 Å². The van der Waals surface area contributed by atoms with Crippen molar-refractivity contribution in [2.24, 2.45) is 0 Å². The van der Waals surface area contributed by atoms with E-state index in [1.807, 2.05) is 48.5 Å². The second-order valence-electron chi connectivity index (χ2n) is 5.90. The lowest BCUT2D eigenvalue weighted by atomic mass is 10.0. The Labute approximate surface area is 154 Å². The first-order valence-electron chi connectivity index (χ1n) is 8.91. The summed E-state index contributed by atoms with van der Waals surface area (Å²) in [7, 11) is 0. The molecule has 1 N–H and O–H groups in total. The van der Waals surface area contributed by atoms with Gasteiger partial charge in [0.2, 0.25) is 0 Å². The average Bonchev–Trinajstić information content (AvgIpc) is 2.70. The third-order valence-electron chi connectivity index (χ3n) is 4.18. The molecule has 0 radical (unpaired) electrons. The Morgan fingerprint density at radius 3 is 2.15 bits per heavy atom. The summed E-state index contributed by atoms with van der Waals surface area (Å²) >= 11 is 0. The first-order valence-corrected chi connectivity index (χ1v) is 8.91. The van der Waals surface area contributed by atoms with E-state index >= 15 is 0 Å². The Hall–Kier alpha value is -2.79. The minimum atomic E-state index is -0.451. The zero-order chi connectivity index (χ0) is 18.2. The highest BCUT2D eigenvalue weighted by Crippen LogP contribution is 2.28. The van der Waals surface area contributed by atoms with Crippen LogP contribution in [0.3, 0.4) is 0 Å². The number of nitrogens with one attached hydrogen (secondary N) is 1. The van der Waals surface area contributed by atoms with E-state index in [9.17, 15) is 4.79 Å². The summed E-state index contributed by atoms with van der Waals surface area (Å²) in [5.74, 6) is 0. The van der Waals surface area contributed by atoms with E-state index < -0.39 is 6.09 Å². The maximum atomic E-state index is 12.2. The van der Waals surface area contributed by atoms with Crippen molar-refractivity contribution in [1.82, 2.24) is 10.2 Å². The molecule has 5 nitrogen and oxygen atoms in total. The van der Waals surface area contributed by atoms with Gasteiger partial charge in [-0.05, 0) is 12.5 Å². The number of benzene rings is 2. The van der Waals surface area contributed by atoms with Crippen molar-refractivity contribution in [2.75, 3.05) is 32.9 Å². The van der Waals surface area contributed by atoms with E-state index in [0.29, 0.717) is 19.8 Å². The van der Waals surface area contributed by atoms with Crippen LogP contribution in [0.5, 0.6) is 0 Å². The van der Waals surface area contributed by atoms with Gasteiger partial charge < -0.3 is 14.4 Å². The van der Waals surface area contributed by atoms with E-state index in [0.717, 1.165) is 35.6 Å². The summed E-state index contributed by atoms with van der Waals surface area (Å²) in [5, 5.41) is 2.97. The van der Waals surface area contributed by atoms with E-state index in [4.69, 9.17) is 9.47 Å². The number of alkyl carbamates (subject to hydrolysis) is 1. The Morgan fingerprint density at radius 1 is 1.00 bits per heavy atom. The predicted molar refractivity (Wildman–Crippen MR) is 102 cm³/mol. The van der Waals surface area contributed by atoms with Crippen molar-refractivity contribution in [2.45, 2.75) is 6.92 Å². The van der Waals surface area contributed by atoms with Crippen molar-refractivity contribution in [3.05, 3.63) is 71.8 Å². The standard InChI is InChI=1S/C21H24N2O3/c1-2-26-21(24)22-19(17-9-5-3-6-10-17)20(18-11-7-4-8-12-18)23-13-15-25-16-14-23/h3-12H,2,13-16H2,1H3,(H,22,24)/b20-19-. The number of hydrogen-bond donors (Lipinski definition) is 1. The van der Waals surface area contributed by atoms with Gasteiger partial charge in [-0.15, -0.1) is 0 Å². The molecule has 0 atom stereocenters. The molecule has 0 unspecified atom stereocenters. The second kappa shape index (κ2) is 9.06. The van der Waals surface area contributed by atoms with Gasteiger partial charge in [-0.25, -0.2) is 4.79 Å². The van der Waals surface area contributed by atoms with Gasteiger partial charge >= 0.3 is 6.09 Å². The summed E-state index contributed by atoms with van der Waals surface area (Å²) in [6, 6.07) is 20.0. The molecule has 1 saturated heterocycles. The van der Waals surface area contributed by atoms with Crippen molar-refractivity contribution < 1.29 is 14.3 Å². The molecule has 0 aromatic heterocycles. The third kappa shape index (κ3) is 4.43. The molecule has 5 heteroatoms. The molecule has 0 spiro atoms. The molecule has 3 rings (SSSR count). The predicted octanol–water partition coefficient (Wildman–Crippen LogP) is 3.59. The summed E-state index contributed by atoms with van der Waals surface area (Å²) < 4.78 is 10.7. The SMILES string of the molecule is CCOC(=O)N/C(=C(/c1ccccc1)N1CCOCC1)c1ccccc1. The maximum absolute atomic E-state index is 12.2. The lowest BCUT2D eigenvalue weighted by Crippen LogP contribution is -2.37. The van der Waals surface area contributed by atoms with Gasteiger partial charge in [0.15, 0.2) is 0 Å². The zero-order valence-electron chi connectivity index (χ0n) is 15.0. The summed E-state index contributed by atoms with van der Waals surface area (Å²) in [4.78, 5) is 14.5. The fourth-order valence-electron chi connectivity index (χ4n) is 3.01. The number of ether oxygens (including phenoxy) is 2. The quantitative estimate of drug-likeness (QED) is 0.836. The molecular weight excluding hydrogens is 328 g/mol. The van der Waals surface area contributed by atoms with E-state index in [1.54, 1.807) is 6.92 Å². The first kappa shape index (κ1) is 18.0. The molecular formula is C21H24N2O3. The van der Waals surface area contributed by atoms with Crippen LogP contribution in [0, 0.1) is 0 Å². The topological polar surface area (TPSA) is 50.8 Å². The minimum Gasteiger partial charge on any atom is -0.450 e. The number of nitrogens with zero attached hydrogens (tertiary/aromatic N) is 1. The number of amides is 1. The van der Waals surface area contributed by atoms with Gasteiger partial charge in [-0.2, -0.15) is 0 Å². The Balaban J connectivity index is 2.12. The Bertz CT molecular complexity index is 738. The molecule has 2 aromatic rings. The zero-order valence-corrected chi connectivity index (χ0v) is 15.0. The fraction of sp³-hybridized carbons (Fsp3) is 0.286. The van der Waals surface area contributed by atoms with Gasteiger partial charge in [0.1, 0.15) is 0 Å². The Morgan fingerprint density at radius 2 is 1.58 bits per heavy atom. The van der Waals surface area contributed by atoms with E-state index in [-0.39, 0.29) is 0 Å². The summed E-state index contributed by atoms with van der Waals surface area (Å²) in [5.41, 5.74) is 3.71. The van der Waals surface area contributed by atoms with Crippen LogP contribution in [-0.2, 0) is 9.47 Å². The number of rotatable bonds is 5. The smallest absolute Gasteiger partial charge is 0.411 e. The minimum absolute atomic E-state index is 0.326. The molecule has 136 valence electrons. The molecule has 1 amide bonds. The summed E-state index contributed by atoms with van der Waals surface area (Å²) in [6.45, 7) is 4.99. The lowest BCUT2D eigenvalue weighted by Gasteiger charge is -2.33. The fourth-order valence-corrected chi connectivity index (χ4v) is 3.01. The van der Waals surface area contributed by atoms with Crippen molar-refractivity contribution in [3.8, 4) is 0 Å². The Kier molecular flexibility index (Phi) is 6.28. The normalized spacial score (nSPS) is 15.2. The molecule has 1 heterocycles. The average molecular weight is 352 g/mol. The maximum Gasteiger partial charge on any atom is 0.411 e. The highest BCUT2D eigenvalue weighted by atomic mass is 16.5. The summed E-state index contributed by atoms with van der Waals surface area (Å²) in [6.07, 6.45) is -0.451. The molecule has 1 fully saturated rings. The molecule has 26 heavy (non-hydrogen) atoms. The third-order valence-corrected chi connectivity index (χ3v) is 4.18. The highest BCUT2D eigenvalue weighted by molar-refractivity contribution is 5.95. The number of morpholine rings is 1. The van der Waals surface area contributed by atoms with Crippen molar-refractivity contribution in [1.29, 1.82) is 0 Å². The molecule has 0 saturated carbocycles. The van der Waals surface area contributed by atoms with Crippen LogP contribution in [0.1, 0.15) is 18.1 Å². The number of hydrogen-bond acceptors (Lipinski definition) is 4. The van der Waals surface area contributed by atoms with Crippen LogP contribution in [0.15, 0.2) is 60.7 Å². The van der Waals surface area contributed by atoms with Crippen LogP contribution in [0.4, 0.5) is 4.79 Å². The molecule has 1 aliphatic rings. The molecule has 0 bridgehead atoms. The molecule has 2 aromatic carbocycles. The van der Waals surface area contributed by atoms with Gasteiger partial charge in [0.05, 0.1) is 31.2 Å². The first-order chi connectivity index (χ1) is 12.8.